The van der Waals surface area contributed by atoms with Crippen LogP contribution >= 0.6 is 34.7 Å². The third-order valence-electron chi connectivity index (χ3n) is 4.35. The van der Waals surface area contributed by atoms with E-state index in [-0.39, 0.29) is 11.7 Å². The number of nitrogens with zero attached hydrogens (tertiary/aromatic N) is 4. The van der Waals surface area contributed by atoms with Gasteiger partial charge in [-0.05, 0) is 50.2 Å². The van der Waals surface area contributed by atoms with Crippen LogP contribution in [0.5, 0.6) is 5.75 Å². The lowest BCUT2D eigenvalue weighted by Crippen LogP contribution is -2.14. The molecule has 0 bridgehead atoms. The molecule has 0 aliphatic rings. The molecule has 1 amide bonds. The average Bonchev–Trinajstić information content (AvgIpc) is 3.39. The molecule has 2 aromatic heterocycles. The molecule has 0 radical (unpaired) electrons. The maximum absolute atomic E-state index is 12.4. The summed E-state index contributed by atoms with van der Waals surface area (Å²) in [5.41, 5.74) is 2.47. The number of anilines is 1. The highest BCUT2D eigenvalue weighted by Crippen LogP contribution is 2.32. The van der Waals surface area contributed by atoms with Crippen molar-refractivity contribution in [3.8, 4) is 22.8 Å². The molecule has 4 rings (SSSR count). The predicted molar refractivity (Wildman–Crippen MR) is 129 cm³/mol. The van der Waals surface area contributed by atoms with Gasteiger partial charge in [0.15, 0.2) is 16.1 Å². The van der Waals surface area contributed by atoms with Gasteiger partial charge in [0, 0.05) is 16.6 Å². The molecule has 0 atom stereocenters. The molecule has 7 nitrogen and oxygen atoms in total. The first kappa shape index (κ1) is 22.3. The van der Waals surface area contributed by atoms with Gasteiger partial charge in [-0.3, -0.25) is 9.36 Å². The summed E-state index contributed by atoms with van der Waals surface area (Å²) >= 11 is 9.12. The second-order valence-corrected chi connectivity index (χ2v) is 8.89. The van der Waals surface area contributed by atoms with Crippen LogP contribution in [-0.2, 0) is 4.79 Å². The monoisotopic (exact) mass is 485 g/mol. The number of nitrogens with one attached hydrogen (secondary N) is 1. The van der Waals surface area contributed by atoms with E-state index in [0.29, 0.717) is 27.7 Å². The van der Waals surface area contributed by atoms with Crippen LogP contribution in [0.15, 0.2) is 59.1 Å². The highest BCUT2D eigenvalue weighted by Gasteiger charge is 2.19. The number of aryl methyl sites for hydroxylation is 1. The molecule has 2 heterocycles. The molecule has 0 spiro atoms. The third kappa shape index (κ3) is 5.12. The highest BCUT2D eigenvalue weighted by molar-refractivity contribution is 7.99. The van der Waals surface area contributed by atoms with Gasteiger partial charge in [0.25, 0.3) is 0 Å². The minimum Gasteiger partial charge on any atom is -0.494 e. The van der Waals surface area contributed by atoms with Crippen LogP contribution in [0.4, 0.5) is 5.13 Å². The van der Waals surface area contributed by atoms with E-state index in [1.165, 1.54) is 23.1 Å². The van der Waals surface area contributed by atoms with Crippen molar-refractivity contribution in [3.63, 3.8) is 0 Å². The number of carbonyl (C=O) groups excluding carboxylic acids is 1. The number of hydrogen-bond acceptors (Lipinski definition) is 7. The van der Waals surface area contributed by atoms with E-state index >= 15 is 0 Å². The van der Waals surface area contributed by atoms with Crippen molar-refractivity contribution in [2.24, 2.45) is 0 Å². The molecule has 0 saturated heterocycles. The highest BCUT2D eigenvalue weighted by atomic mass is 35.5. The summed E-state index contributed by atoms with van der Waals surface area (Å²) in [7, 11) is 0. The molecule has 10 heteroatoms. The number of rotatable bonds is 8. The van der Waals surface area contributed by atoms with Gasteiger partial charge >= 0.3 is 0 Å². The number of ether oxygens (including phenoxy) is 1. The molecule has 164 valence electrons. The molecule has 2 aromatic carbocycles. The summed E-state index contributed by atoms with van der Waals surface area (Å²) in [6.45, 7) is 4.41. The van der Waals surface area contributed by atoms with Crippen molar-refractivity contribution in [2.45, 2.75) is 19.0 Å². The van der Waals surface area contributed by atoms with Crippen LogP contribution < -0.4 is 10.1 Å². The van der Waals surface area contributed by atoms with Crippen LogP contribution in [0.2, 0.25) is 5.02 Å². The number of benzene rings is 2. The molecule has 0 aliphatic heterocycles. The largest absolute Gasteiger partial charge is 0.494 e. The zero-order chi connectivity index (χ0) is 22.5. The lowest BCUT2D eigenvalue weighted by Gasteiger charge is -2.12. The Kier molecular flexibility index (Phi) is 7.09. The Balaban J connectivity index is 1.63. The van der Waals surface area contributed by atoms with Crippen LogP contribution in [0.3, 0.4) is 0 Å². The minimum absolute atomic E-state index is 0.162. The molecule has 4 aromatic rings. The van der Waals surface area contributed by atoms with Gasteiger partial charge in [0.1, 0.15) is 5.75 Å². The van der Waals surface area contributed by atoms with Crippen molar-refractivity contribution in [3.05, 3.63) is 64.6 Å². The number of thioether (sulfide) groups is 1. The Morgan fingerprint density at radius 1 is 1.19 bits per heavy atom. The van der Waals surface area contributed by atoms with Crippen LogP contribution in [0.25, 0.3) is 17.1 Å². The smallest absolute Gasteiger partial charge is 0.236 e. The van der Waals surface area contributed by atoms with Crippen LogP contribution in [0.1, 0.15) is 12.6 Å². The first-order valence-electron chi connectivity index (χ1n) is 9.83. The van der Waals surface area contributed by atoms with E-state index in [2.05, 4.69) is 20.5 Å². The van der Waals surface area contributed by atoms with Gasteiger partial charge in [0.2, 0.25) is 5.91 Å². The number of halogens is 1. The normalized spacial score (nSPS) is 10.8. The van der Waals surface area contributed by atoms with E-state index in [9.17, 15) is 4.79 Å². The Bertz CT molecular complexity index is 1220. The van der Waals surface area contributed by atoms with E-state index in [0.717, 1.165) is 22.7 Å². The molecule has 0 aliphatic carbocycles. The number of amides is 1. The lowest BCUT2D eigenvalue weighted by molar-refractivity contribution is -0.113. The van der Waals surface area contributed by atoms with Gasteiger partial charge in [-0.1, -0.05) is 35.5 Å². The fourth-order valence-electron chi connectivity index (χ4n) is 2.97. The minimum atomic E-state index is -0.162. The molecule has 1 N–H and O–H groups in total. The van der Waals surface area contributed by atoms with Crippen molar-refractivity contribution in [2.75, 3.05) is 17.7 Å². The number of aromatic nitrogens is 4. The van der Waals surface area contributed by atoms with Gasteiger partial charge in [-0.25, -0.2) is 4.98 Å². The molecule has 32 heavy (non-hydrogen) atoms. The first-order valence-corrected chi connectivity index (χ1v) is 12.1. The Hall–Kier alpha value is -2.88. The lowest BCUT2D eigenvalue weighted by atomic mass is 10.2. The summed E-state index contributed by atoms with van der Waals surface area (Å²) in [4.78, 5) is 16.7. The standard InChI is InChI=1S/C22H20ClN5O2S2/c1-3-30-16-10-8-15(9-11-16)28-20(17-6-4-5-7-18(17)23)26-27-22(28)32-13-19(29)25-21-24-14(2)12-31-21/h4-12H,3,13H2,1-2H3,(H,24,25,29). The second kappa shape index (κ2) is 10.2. The van der Waals surface area contributed by atoms with Crippen molar-refractivity contribution < 1.29 is 9.53 Å². The zero-order valence-corrected chi connectivity index (χ0v) is 19.8. The SMILES string of the molecule is CCOc1ccc(-n2c(SCC(=O)Nc3nc(C)cs3)nnc2-c2ccccc2Cl)cc1. The van der Waals surface area contributed by atoms with Crippen LogP contribution in [-0.4, -0.2) is 38.0 Å². The molecule has 0 unspecified atom stereocenters. The molecular weight excluding hydrogens is 466 g/mol. The van der Waals surface area contributed by atoms with Crippen molar-refractivity contribution in [1.29, 1.82) is 0 Å². The van der Waals surface area contributed by atoms with Gasteiger partial charge in [-0.2, -0.15) is 0 Å². The first-order chi connectivity index (χ1) is 15.5. The number of carbonyl (C=O) groups is 1. The summed E-state index contributed by atoms with van der Waals surface area (Å²) in [6, 6.07) is 15.1. The fraction of sp³-hybridized carbons (Fsp3) is 0.182. The van der Waals surface area contributed by atoms with E-state index in [1.807, 2.05) is 72.3 Å². The zero-order valence-electron chi connectivity index (χ0n) is 17.4. The Morgan fingerprint density at radius 2 is 1.97 bits per heavy atom. The van der Waals surface area contributed by atoms with Gasteiger partial charge in [0.05, 0.1) is 23.1 Å². The van der Waals surface area contributed by atoms with E-state index < -0.39 is 0 Å². The third-order valence-corrected chi connectivity index (χ3v) is 6.49. The average molecular weight is 486 g/mol. The molecule has 0 fully saturated rings. The van der Waals surface area contributed by atoms with Gasteiger partial charge in [-0.15, -0.1) is 21.5 Å². The van der Waals surface area contributed by atoms with Crippen LogP contribution in [0, 0.1) is 6.92 Å². The van der Waals surface area contributed by atoms with Crippen molar-refractivity contribution in [1.82, 2.24) is 19.7 Å². The summed E-state index contributed by atoms with van der Waals surface area (Å²) in [5, 5.41) is 15.2. The van der Waals surface area contributed by atoms with E-state index in [4.69, 9.17) is 16.3 Å². The quantitative estimate of drug-likeness (QED) is 0.333. The Labute approximate surface area is 198 Å². The van der Waals surface area contributed by atoms with E-state index in [1.54, 1.807) is 0 Å². The topological polar surface area (TPSA) is 81.9 Å². The summed E-state index contributed by atoms with van der Waals surface area (Å²) in [5.74, 6) is 1.37. The fourth-order valence-corrected chi connectivity index (χ4v) is 4.64. The van der Waals surface area contributed by atoms with Crippen molar-refractivity contribution >= 4 is 45.7 Å². The second-order valence-electron chi connectivity index (χ2n) is 6.68. The maximum Gasteiger partial charge on any atom is 0.236 e. The number of thiazole rings is 1. The molecular formula is C22H20ClN5O2S2. The van der Waals surface area contributed by atoms with Gasteiger partial charge < -0.3 is 10.1 Å². The Morgan fingerprint density at radius 3 is 2.66 bits per heavy atom. The molecule has 0 saturated carbocycles. The summed E-state index contributed by atoms with van der Waals surface area (Å²) in [6.07, 6.45) is 0. The predicted octanol–water partition coefficient (Wildman–Crippen LogP) is 5.48. The summed E-state index contributed by atoms with van der Waals surface area (Å²) < 4.78 is 7.45. The number of hydrogen-bond donors (Lipinski definition) is 1. The maximum atomic E-state index is 12.4.